The Morgan fingerprint density at radius 1 is 1.33 bits per heavy atom. The zero-order valence-corrected chi connectivity index (χ0v) is 13.6. The van der Waals surface area contributed by atoms with Gasteiger partial charge in [-0.1, -0.05) is 39.7 Å². The summed E-state index contributed by atoms with van der Waals surface area (Å²) in [4.78, 5) is 18.6. The molecule has 0 spiro atoms. The first-order chi connectivity index (χ1) is 10.2. The van der Waals surface area contributed by atoms with E-state index in [1.54, 1.807) is 18.3 Å². The summed E-state index contributed by atoms with van der Waals surface area (Å²) in [5.41, 5.74) is 1.62. The van der Waals surface area contributed by atoms with E-state index < -0.39 is 0 Å². The number of carbonyl (C=O) groups excluding carboxylic acids is 1. The third kappa shape index (κ3) is 2.97. The molecule has 2 aromatic rings. The highest BCUT2D eigenvalue weighted by Gasteiger charge is 2.31. The first-order valence-electron chi connectivity index (χ1n) is 6.84. The van der Waals surface area contributed by atoms with Crippen molar-refractivity contribution in [2.24, 2.45) is 0 Å². The molecule has 0 bridgehead atoms. The summed E-state index contributed by atoms with van der Waals surface area (Å²) in [6.07, 6.45) is 3.57. The Morgan fingerprint density at radius 3 is 2.95 bits per heavy atom. The maximum absolute atomic E-state index is 12.7. The first-order valence-corrected chi connectivity index (χ1v) is 8.01. The summed E-state index contributed by atoms with van der Waals surface area (Å²) < 4.78 is 1.03. The Morgan fingerprint density at radius 2 is 2.19 bits per heavy atom. The van der Waals surface area contributed by atoms with Crippen molar-refractivity contribution in [3.05, 3.63) is 63.3 Å². The molecule has 1 aliphatic rings. The predicted octanol–water partition coefficient (Wildman–Crippen LogP) is 4.47. The molecule has 3 rings (SSSR count). The van der Waals surface area contributed by atoms with E-state index in [1.807, 2.05) is 17.0 Å². The number of carbonyl (C=O) groups is 1. The van der Waals surface area contributed by atoms with Gasteiger partial charge in [-0.05, 0) is 42.7 Å². The number of rotatable bonds is 2. The van der Waals surface area contributed by atoms with E-state index >= 15 is 0 Å². The Balaban J connectivity index is 1.91. The molecule has 1 fully saturated rings. The zero-order chi connectivity index (χ0) is 14.8. The van der Waals surface area contributed by atoms with E-state index in [2.05, 4.69) is 33.0 Å². The van der Waals surface area contributed by atoms with Gasteiger partial charge < -0.3 is 4.90 Å². The lowest BCUT2D eigenvalue weighted by molar-refractivity contribution is 0.0735. The molecule has 1 atom stereocenters. The number of pyridine rings is 1. The molecule has 0 aliphatic carbocycles. The second-order valence-corrected chi connectivity index (χ2v) is 6.33. The monoisotopic (exact) mass is 364 g/mol. The fourth-order valence-corrected chi connectivity index (χ4v) is 3.39. The van der Waals surface area contributed by atoms with Crippen molar-refractivity contribution in [3.63, 3.8) is 0 Å². The van der Waals surface area contributed by atoms with Gasteiger partial charge in [-0.25, -0.2) is 4.98 Å². The lowest BCUT2D eigenvalue weighted by atomic mass is 10.0. The van der Waals surface area contributed by atoms with Crippen LogP contribution in [0.15, 0.2) is 47.1 Å². The van der Waals surface area contributed by atoms with Crippen LogP contribution in [0.25, 0.3) is 0 Å². The Bertz CT molecular complexity index is 677. The van der Waals surface area contributed by atoms with Gasteiger partial charge in [0.1, 0.15) is 5.15 Å². The summed E-state index contributed by atoms with van der Waals surface area (Å²) in [7, 11) is 0. The molecule has 5 heteroatoms. The minimum Gasteiger partial charge on any atom is -0.332 e. The average Bonchev–Trinajstić information content (AvgIpc) is 2.96. The molecule has 0 saturated carbocycles. The largest absolute Gasteiger partial charge is 0.332 e. The van der Waals surface area contributed by atoms with E-state index in [0.717, 1.165) is 29.4 Å². The Kier molecular flexibility index (Phi) is 4.27. The highest BCUT2D eigenvalue weighted by atomic mass is 79.9. The van der Waals surface area contributed by atoms with Gasteiger partial charge >= 0.3 is 0 Å². The Hall–Kier alpha value is -1.39. The van der Waals surface area contributed by atoms with Crippen molar-refractivity contribution in [2.75, 3.05) is 6.54 Å². The number of hydrogen-bond acceptors (Lipinski definition) is 2. The molecule has 1 amide bonds. The van der Waals surface area contributed by atoms with Crippen molar-refractivity contribution >= 4 is 33.4 Å². The number of nitrogens with zero attached hydrogens (tertiary/aromatic N) is 2. The maximum Gasteiger partial charge on any atom is 0.257 e. The average molecular weight is 366 g/mol. The third-order valence-corrected chi connectivity index (χ3v) is 4.53. The van der Waals surface area contributed by atoms with Gasteiger partial charge in [-0.2, -0.15) is 0 Å². The van der Waals surface area contributed by atoms with E-state index in [1.165, 1.54) is 0 Å². The van der Waals surface area contributed by atoms with Crippen molar-refractivity contribution in [1.82, 2.24) is 9.88 Å². The summed E-state index contributed by atoms with van der Waals surface area (Å²) >= 11 is 9.54. The molecule has 0 radical (unpaired) electrons. The topological polar surface area (TPSA) is 33.2 Å². The number of aromatic nitrogens is 1. The van der Waals surface area contributed by atoms with Gasteiger partial charge in [0.05, 0.1) is 11.6 Å². The molecule has 1 aromatic carbocycles. The minimum atomic E-state index is -0.0458. The number of amides is 1. The van der Waals surface area contributed by atoms with Gasteiger partial charge in [0.2, 0.25) is 0 Å². The molecule has 21 heavy (non-hydrogen) atoms. The molecular weight excluding hydrogens is 352 g/mol. The van der Waals surface area contributed by atoms with Gasteiger partial charge in [-0.15, -0.1) is 0 Å². The fourth-order valence-electron chi connectivity index (χ4n) is 2.77. The third-order valence-electron chi connectivity index (χ3n) is 3.74. The standard InChI is InChI=1S/C16H14BrClN2O/c17-12-5-1-4-11(10-12)14-7-3-9-20(14)16(21)13-6-2-8-19-15(13)18/h1-2,4-6,8,10,14H,3,7,9H2. The van der Waals surface area contributed by atoms with E-state index in [0.29, 0.717) is 5.56 Å². The van der Waals surface area contributed by atoms with E-state index in [9.17, 15) is 4.79 Å². The van der Waals surface area contributed by atoms with Crippen molar-refractivity contribution in [3.8, 4) is 0 Å². The van der Waals surface area contributed by atoms with Crippen LogP contribution in [0.3, 0.4) is 0 Å². The normalized spacial score (nSPS) is 18.0. The quantitative estimate of drug-likeness (QED) is 0.735. The van der Waals surface area contributed by atoms with Crippen LogP contribution in [0.1, 0.15) is 34.8 Å². The van der Waals surface area contributed by atoms with Crippen LogP contribution < -0.4 is 0 Å². The van der Waals surface area contributed by atoms with Crippen LogP contribution in [0.4, 0.5) is 0 Å². The van der Waals surface area contributed by atoms with Gasteiger partial charge in [-0.3, -0.25) is 4.79 Å². The lowest BCUT2D eigenvalue weighted by Gasteiger charge is -2.25. The SMILES string of the molecule is O=C(c1cccnc1Cl)N1CCCC1c1cccc(Br)c1. The zero-order valence-electron chi connectivity index (χ0n) is 11.3. The molecular formula is C16H14BrClN2O. The van der Waals surface area contributed by atoms with Crippen LogP contribution in [0.5, 0.6) is 0 Å². The fraction of sp³-hybridized carbons (Fsp3) is 0.250. The Labute approximate surface area is 137 Å². The summed E-state index contributed by atoms with van der Waals surface area (Å²) in [5.74, 6) is -0.0458. The van der Waals surface area contributed by atoms with Crippen molar-refractivity contribution in [1.29, 1.82) is 0 Å². The lowest BCUT2D eigenvalue weighted by Crippen LogP contribution is -2.30. The van der Waals surface area contributed by atoms with Crippen LogP contribution in [-0.4, -0.2) is 22.3 Å². The molecule has 3 nitrogen and oxygen atoms in total. The molecule has 108 valence electrons. The highest BCUT2D eigenvalue weighted by molar-refractivity contribution is 9.10. The molecule has 1 aromatic heterocycles. The van der Waals surface area contributed by atoms with Crippen LogP contribution in [0, 0.1) is 0 Å². The van der Waals surface area contributed by atoms with Crippen LogP contribution >= 0.6 is 27.5 Å². The molecule has 1 unspecified atom stereocenters. The number of halogens is 2. The second kappa shape index (κ2) is 6.16. The van der Waals surface area contributed by atoms with E-state index in [-0.39, 0.29) is 17.1 Å². The maximum atomic E-state index is 12.7. The van der Waals surface area contributed by atoms with Gasteiger partial charge in [0.25, 0.3) is 5.91 Å². The predicted molar refractivity (Wildman–Crippen MR) is 86.4 cm³/mol. The van der Waals surface area contributed by atoms with Gasteiger partial charge in [0.15, 0.2) is 0 Å². The molecule has 1 aliphatic heterocycles. The molecule has 1 saturated heterocycles. The number of hydrogen-bond donors (Lipinski definition) is 0. The molecule has 2 heterocycles. The van der Waals surface area contributed by atoms with Crippen LogP contribution in [-0.2, 0) is 0 Å². The van der Waals surface area contributed by atoms with E-state index in [4.69, 9.17) is 11.6 Å². The second-order valence-electron chi connectivity index (χ2n) is 5.05. The molecule has 0 N–H and O–H groups in total. The highest BCUT2D eigenvalue weighted by Crippen LogP contribution is 2.34. The number of likely N-dealkylation sites (tertiary alicyclic amines) is 1. The van der Waals surface area contributed by atoms with Crippen molar-refractivity contribution < 1.29 is 4.79 Å². The first kappa shape index (κ1) is 14.5. The summed E-state index contributed by atoms with van der Waals surface area (Å²) in [6.45, 7) is 0.751. The van der Waals surface area contributed by atoms with Gasteiger partial charge in [0, 0.05) is 17.2 Å². The summed E-state index contributed by atoms with van der Waals surface area (Å²) in [6, 6.07) is 11.7. The van der Waals surface area contributed by atoms with Crippen molar-refractivity contribution in [2.45, 2.75) is 18.9 Å². The smallest absolute Gasteiger partial charge is 0.257 e. The number of benzene rings is 1. The van der Waals surface area contributed by atoms with Crippen LogP contribution in [0.2, 0.25) is 5.15 Å². The summed E-state index contributed by atoms with van der Waals surface area (Å²) in [5, 5.41) is 0.266. The minimum absolute atomic E-state index is 0.0458.